The maximum Gasteiger partial charge on any atom is 0.119 e. The van der Waals surface area contributed by atoms with E-state index in [-0.39, 0.29) is 0 Å². The zero-order valence-corrected chi connectivity index (χ0v) is 18.2. The van der Waals surface area contributed by atoms with Gasteiger partial charge in [0.15, 0.2) is 0 Å². The highest BCUT2D eigenvalue weighted by molar-refractivity contribution is 5.31. The molecule has 0 N–H and O–H groups in total. The predicted molar refractivity (Wildman–Crippen MR) is 123 cm³/mol. The van der Waals surface area contributed by atoms with Crippen LogP contribution in [0.5, 0.6) is 23.0 Å². The fourth-order valence-electron chi connectivity index (χ4n) is 2.74. The molecule has 0 unspecified atom stereocenters. The Kier molecular flexibility index (Phi) is 10.8. The average molecular weight is 439 g/mol. The molecule has 32 heavy (non-hydrogen) atoms. The van der Waals surface area contributed by atoms with Crippen LogP contribution in [0.1, 0.15) is 0 Å². The van der Waals surface area contributed by atoms with Gasteiger partial charge in [0.2, 0.25) is 0 Å². The van der Waals surface area contributed by atoms with Gasteiger partial charge in [-0.25, -0.2) is 0 Å². The summed E-state index contributed by atoms with van der Waals surface area (Å²) < 4.78 is 33.5. The molecule has 0 saturated carbocycles. The molecule has 170 valence electrons. The molecule has 6 heteroatoms. The number of ether oxygens (including phenoxy) is 6. The lowest BCUT2D eigenvalue weighted by molar-refractivity contribution is 0.0756. The maximum atomic E-state index is 5.67. The first-order valence-corrected chi connectivity index (χ1v) is 10.8. The SMILES string of the molecule is c1ccc(OCCOCCOc2ccc(OCCOCCOc3ccccc3)cc2)cc1. The van der Waals surface area contributed by atoms with Crippen molar-refractivity contribution in [3.63, 3.8) is 0 Å². The molecule has 3 aromatic carbocycles. The molecule has 0 amide bonds. The molecule has 0 radical (unpaired) electrons. The van der Waals surface area contributed by atoms with Crippen molar-refractivity contribution >= 4 is 0 Å². The monoisotopic (exact) mass is 438 g/mol. The minimum atomic E-state index is 0.477. The summed E-state index contributed by atoms with van der Waals surface area (Å²) in [5.41, 5.74) is 0. The Morgan fingerprint density at radius 3 is 0.906 bits per heavy atom. The van der Waals surface area contributed by atoms with Crippen LogP contribution in [-0.4, -0.2) is 52.9 Å². The lowest BCUT2D eigenvalue weighted by Crippen LogP contribution is -2.12. The molecule has 0 saturated heterocycles. The minimum absolute atomic E-state index is 0.477. The minimum Gasteiger partial charge on any atom is -0.491 e. The van der Waals surface area contributed by atoms with E-state index >= 15 is 0 Å². The van der Waals surface area contributed by atoms with E-state index < -0.39 is 0 Å². The molecule has 0 fully saturated rings. The second-order valence-electron chi connectivity index (χ2n) is 6.72. The topological polar surface area (TPSA) is 55.4 Å². The van der Waals surface area contributed by atoms with Gasteiger partial charge in [-0.05, 0) is 48.5 Å². The van der Waals surface area contributed by atoms with E-state index in [0.717, 1.165) is 23.0 Å². The van der Waals surface area contributed by atoms with E-state index in [2.05, 4.69) is 0 Å². The van der Waals surface area contributed by atoms with Gasteiger partial charge in [0, 0.05) is 0 Å². The van der Waals surface area contributed by atoms with E-state index in [1.165, 1.54) is 0 Å². The van der Waals surface area contributed by atoms with Crippen molar-refractivity contribution < 1.29 is 28.4 Å². The van der Waals surface area contributed by atoms with Crippen LogP contribution in [0.3, 0.4) is 0 Å². The van der Waals surface area contributed by atoms with Crippen molar-refractivity contribution in [1.29, 1.82) is 0 Å². The van der Waals surface area contributed by atoms with Crippen molar-refractivity contribution in [2.75, 3.05) is 52.9 Å². The van der Waals surface area contributed by atoms with E-state index in [9.17, 15) is 0 Å². The summed E-state index contributed by atoms with van der Waals surface area (Å²) in [5.74, 6) is 3.24. The largest absolute Gasteiger partial charge is 0.491 e. The highest BCUT2D eigenvalue weighted by Crippen LogP contribution is 2.17. The molecule has 0 aliphatic carbocycles. The van der Waals surface area contributed by atoms with Gasteiger partial charge in [-0.15, -0.1) is 0 Å². The van der Waals surface area contributed by atoms with Crippen LogP contribution in [0.25, 0.3) is 0 Å². The third kappa shape index (κ3) is 9.73. The second kappa shape index (κ2) is 14.7. The first-order chi connectivity index (χ1) is 15.9. The van der Waals surface area contributed by atoms with E-state index in [0.29, 0.717) is 52.9 Å². The molecule has 3 aromatic rings. The van der Waals surface area contributed by atoms with Crippen molar-refractivity contribution in [3.05, 3.63) is 84.9 Å². The molecular formula is C26H30O6. The zero-order chi connectivity index (χ0) is 22.1. The average Bonchev–Trinajstić information content (AvgIpc) is 2.85. The molecule has 0 heterocycles. The standard InChI is InChI=1S/C26H30O6/c1-3-7-23(8-4-1)29-19-15-27-17-21-31-25-11-13-26(14-12-25)32-22-18-28-16-20-30-24-9-5-2-6-10-24/h1-14H,15-22H2. The summed E-state index contributed by atoms with van der Waals surface area (Å²) in [5, 5.41) is 0. The molecule has 0 aliphatic heterocycles. The molecular weight excluding hydrogens is 408 g/mol. The summed E-state index contributed by atoms with van der Waals surface area (Å²) in [6.45, 7) is 4.02. The number of benzene rings is 3. The Morgan fingerprint density at radius 1 is 0.312 bits per heavy atom. The number of para-hydroxylation sites is 2. The summed E-state index contributed by atoms with van der Waals surface area (Å²) in [6, 6.07) is 26.9. The molecule has 0 aromatic heterocycles. The Balaban J connectivity index is 1.16. The van der Waals surface area contributed by atoms with E-state index in [1.807, 2.05) is 84.9 Å². The molecule has 3 rings (SSSR count). The van der Waals surface area contributed by atoms with Gasteiger partial charge in [-0.3, -0.25) is 0 Å². The van der Waals surface area contributed by atoms with Gasteiger partial charge in [-0.2, -0.15) is 0 Å². The van der Waals surface area contributed by atoms with Crippen LogP contribution < -0.4 is 18.9 Å². The molecule has 0 atom stereocenters. The van der Waals surface area contributed by atoms with Crippen LogP contribution in [0.4, 0.5) is 0 Å². The predicted octanol–water partition coefficient (Wildman–Crippen LogP) is 4.64. The van der Waals surface area contributed by atoms with Crippen LogP contribution in [0.2, 0.25) is 0 Å². The first-order valence-electron chi connectivity index (χ1n) is 10.8. The van der Waals surface area contributed by atoms with Gasteiger partial charge < -0.3 is 28.4 Å². The molecule has 0 aliphatic rings. The van der Waals surface area contributed by atoms with Gasteiger partial charge >= 0.3 is 0 Å². The van der Waals surface area contributed by atoms with Gasteiger partial charge in [0.25, 0.3) is 0 Å². The summed E-state index contributed by atoms with van der Waals surface area (Å²) in [4.78, 5) is 0. The van der Waals surface area contributed by atoms with Gasteiger partial charge in [0.1, 0.15) is 49.4 Å². The van der Waals surface area contributed by atoms with E-state index in [1.54, 1.807) is 0 Å². The third-order valence-electron chi connectivity index (χ3n) is 4.30. The highest BCUT2D eigenvalue weighted by atomic mass is 16.6. The fraction of sp³-hybridized carbons (Fsp3) is 0.308. The third-order valence-corrected chi connectivity index (χ3v) is 4.30. The molecule has 0 bridgehead atoms. The quantitative estimate of drug-likeness (QED) is 0.304. The number of rotatable bonds is 16. The van der Waals surface area contributed by atoms with Crippen LogP contribution in [0.15, 0.2) is 84.9 Å². The number of hydrogen-bond acceptors (Lipinski definition) is 6. The Labute approximate surface area is 189 Å². The molecule has 0 spiro atoms. The lowest BCUT2D eigenvalue weighted by atomic mass is 10.3. The van der Waals surface area contributed by atoms with Crippen LogP contribution in [0, 0.1) is 0 Å². The van der Waals surface area contributed by atoms with Crippen LogP contribution >= 0.6 is 0 Å². The van der Waals surface area contributed by atoms with Crippen molar-refractivity contribution in [3.8, 4) is 23.0 Å². The Bertz CT molecular complexity index is 767. The Morgan fingerprint density at radius 2 is 0.594 bits per heavy atom. The van der Waals surface area contributed by atoms with Crippen LogP contribution in [-0.2, 0) is 9.47 Å². The Hall–Kier alpha value is -3.22. The van der Waals surface area contributed by atoms with Gasteiger partial charge in [-0.1, -0.05) is 36.4 Å². The summed E-state index contributed by atoms with van der Waals surface area (Å²) in [6.07, 6.45) is 0. The van der Waals surface area contributed by atoms with E-state index in [4.69, 9.17) is 28.4 Å². The van der Waals surface area contributed by atoms with Crippen molar-refractivity contribution in [2.45, 2.75) is 0 Å². The maximum absolute atomic E-state index is 5.67. The van der Waals surface area contributed by atoms with Gasteiger partial charge in [0.05, 0.1) is 26.4 Å². The van der Waals surface area contributed by atoms with Crippen molar-refractivity contribution in [1.82, 2.24) is 0 Å². The fourth-order valence-corrected chi connectivity index (χ4v) is 2.74. The lowest BCUT2D eigenvalue weighted by Gasteiger charge is -2.10. The second-order valence-corrected chi connectivity index (χ2v) is 6.72. The first kappa shape index (κ1) is 23.4. The smallest absolute Gasteiger partial charge is 0.119 e. The van der Waals surface area contributed by atoms with Crippen molar-refractivity contribution in [2.24, 2.45) is 0 Å². The molecule has 6 nitrogen and oxygen atoms in total. The summed E-state index contributed by atoms with van der Waals surface area (Å²) >= 11 is 0. The summed E-state index contributed by atoms with van der Waals surface area (Å²) in [7, 11) is 0. The number of hydrogen-bond donors (Lipinski definition) is 0. The normalized spacial score (nSPS) is 10.5. The highest BCUT2D eigenvalue weighted by Gasteiger charge is 1.99. The zero-order valence-electron chi connectivity index (χ0n) is 18.2.